The molecule has 7 heteroatoms. The quantitative estimate of drug-likeness (QED) is 0.826. The Hall–Kier alpha value is 0.180. The monoisotopic (exact) mass is 307 g/mol. The van der Waals surface area contributed by atoms with Gasteiger partial charge >= 0.3 is 0 Å². The number of thioether (sulfide) groups is 1. The molecule has 2 saturated heterocycles. The first kappa shape index (κ1) is 15.6. The van der Waals surface area contributed by atoms with Crippen molar-refractivity contribution in [2.24, 2.45) is 5.92 Å². The predicted molar refractivity (Wildman–Crippen MR) is 80.7 cm³/mol. The molecule has 1 N–H and O–H groups in total. The van der Waals surface area contributed by atoms with Crippen LogP contribution in [0.2, 0.25) is 0 Å². The van der Waals surface area contributed by atoms with Crippen molar-refractivity contribution in [3.05, 3.63) is 0 Å². The van der Waals surface area contributed by atoms with Crippen molar-refractivity contribution in [2.45, 2.75) is 19.3 Å². The van der Waals surface area contributed by atoms with Crippen LogP contribution in [0.25, 0.3) is 0 Å². The molecule has 19 heavy (non-hydrogen) atoms. The number of nitrogens with one attached hydrogen (secondary N) is 1. The summed E-state index contributed by atoms with van der Waals surface area (Å²) in [5.74, 6) is 2.63. The van der Waals surface area contributed by atoms with E-state index in [1.54, 1.807) is 8.61 Å². The fourth-order valence-electron chi connectivity index (χ4n) is 2.75. The smallest absolute Gasteiger partial charge is 0.282 e. The lowest BCUT2D eigenvalue weighted by molar-refractivity contribution is 0.253. The maximum Gasteiger partial charge on any atom is 0.282 e. The van der Waals surface area contributed by atoms with E-state index in [0.29, 0.717) is 32.1 Å². The number of hydrogen-bond acceptors (Lipinski definition) is 4. The van der Waals surface area contributed by atoms with Crippen LogP contribution in [0.3, 0.4) is 0 Å². The van der Waals surface area contributed by atoms with Gasteiger partial charge < -0.3 is 5.32 Å². The van der Waals surface area contributed by atoms with E-state index in [0.717, 1.165) is 37.3 Å². The van der Waals surface area contributed by atoms with E-state index in [4.69, 9.17) is 0 Å². The van der Waals surface area contributed by atoms with Crippen molar-refractivity contribution in [3.8, 4) is 0 Å². The molecule has 0 aromatic rings. The standard InChI is InChI=1S/C12H25N3O2S2/c1-13-11-12-3-6-15(7-4-12)19(16,17)14-5-2-9-18-10-8-14/h12-13H,2-11H2,1H3. The second-order valence-electron chi connectivity index (χ2n) is 5.27. The Morgan fingerprint density at radius 3 is 2.47 bits per heavy atom. The molecule has 0 aromatic heterocycles. The lowest BCUT2D eigenvalue weighted by atomic mass is 9.98. The molecule has 0 aromatic carbocycles. The number of piperidine rings is 1. The highest BCUT2D eigenvalue weighted by molar-refractivity contribution is 7.99. The third kappa shape index (κ3) is 4.07. The van der Waals surface area contributed by atoms with Gasteiger partial charge in [0.1, 0.15) is 0 Å². The van der Waals surface area contributed by atoms with Gasteiger partial charge in [0.15, 0.2) is 0 Å². The molecular formula is C12H25N3O2S2. The van der Waals surface area contributed by atoms with Gasteiger partial charge in [-0.15, -0.1) is 0 Å². The SMILES string of the molecule is CNCC1CCN(S(=O)(=O)N2CCCSCC2)CC1. The molecule has 0 bridgehead atoms. The first-order valence-electron chi connectivity index (χ1n) is 7.12. The summed E-state index contributed by atoms with van der Waals surface area (Å²) in [6.07, 6.45) is 2.92. The zero-order chi connectivity index (χ0) is 13.7. The summed E-state index contributed by atoms with van der Waals surface area (Å²) in [6, 6.07) is 0. The Morgan fingerprint density at radius 2 is 1.79 bits per heavy atom. The van der Waals surface area contributed by atoms with Crippen molar-refractivity contribution in [1.29, 1.82) is 0 Å². The fraction of sp³-hybridized carbons (Fsp3) is 1.00. The van der Waals surface area contributed by atoms with Crippen LogP contribution in [-0.4, -0.2) is 68.3 Å². The van der Waals surface area contributed by atoms with Crippen molar-refractivity contribution in [3.63, 3.8) is 0 Å². The van der Waals surface area contributed by atoms with Gasteiger partial charge in [0.2, 0.25) is 0 Å². The largest absolute Gasteiger partial charge is 0.319 e. The summed E-state index contributed by atoms with van der Waals surface area (Å²) in [6.45, 7) is 3.71. The van der Waals surface area contributed by atoms with Crippen LogP contribution in [-0.2, 0) is 10.2 Å². The summed E-state index contributed by atoms with van der Waals surface area (Å²) >= 11 is 1.86. The minimum absolute atomic E-state index is 0.621. The summed E-state index contributed by atoms with van der Waals surface area (Å²) in [4.78, 5) is 0. The van der Waals surface area contributed by atoms with E-state index < -0.39 is 10.2 Å². The van der Waals surface area contributed by atoms with E-state index in [9.17, 15) is 8.42 Å². The first-order valence-corrected chi connectivity index (χ1v) is 9.67. The topological polar surface area (TPSA) is 52.7 Å². The van der Waals surface area contributed by atoms with Gasteiger partial charge in [-0.25, -0.2) is 0 Å². The lowest BCUT2D eigenvalue weighted by Crippen LogP contribution is -2.48. The molecule has 2 rings (SSSR count). The molecule has 0 aliphatic carbocycles. The average molecular weight is 307 g/mol. The molecule has 2 fully saturated rings. The molecule has 2 aliphatic heterocycles. The molecule has 0 unspecified atom stereocenters. The third-order valence-electron chi connectivity index (χ3n) is 3.90. The molecule has 0 saturated carbocycles. The third-order valence-corrected chi connectivity index (χ3v) is 6.98. The van der Waals surface area contributed by atoms with Gasteiger partial charge in [-0.1, -0.05) is 0 Å². The number of hydrogen-bond donors (Lipinski definition) is 1. The Kier molecular flexibility index (Phi) is 5.95. The Bertz CT molecular complexity index is 359. The molecule has 112 valence electrons. The van der Waals surface area contributed by atoms with E-state index in [1.165, 1.54) is 0 Å². The summed E-state index contributed by atoms with van der Waals surface area (Å²) in [5.41, 5.74) is 0. The van der Waals surface area contributed by atoms with Crippen molar-refractivity contribution in [2.75, 3.05) is 51.3 Å². The second-order valence-corrected chi connectivity index (χ2v) is 8.43. The number of rotatable bonds is 4. The van der Waals surface area contributed by atoms with Crippen LogP contribution in [0, 0.1) is 5.92 Å². The van der Waals surface area contributed by atoms with Crippen LogP contribution in [0.1, 0.15) is 19.3 Å². The van der Waals surface area contributed by atoms with Gasteiger partial charge in [-0.2, -0.15) is 28.8 Å². The molecule has 2 aliphatic rings. The van der Waals surface area contributed by atoms with Gasteiger partial charge in [0.25, 0.3) is 10.2 Å². The van der Waals surface area contributed by atoms with Crippen LogP contribution < -0.4 is 5.32 Å². The molecule has 5 nitrogen and oxygen atoms in total. The zero-order valence-electron chi connectivity index (χ0n) is 11.7. The summed E-state index contributed by atoms with van der Waals surface area (Å²) in [7, 11) is -1.26. The van der Waals surface area contributed by atoms with E-state index in [1.807, 2.05) is 18.8 Å². The average Bonchev–Trinajstić information content (AvgIpc) is 2.69. The second kappa shape index (κ2) is 7.26. The maximum absolute atomic E-state index is 12.6. The molecule has 0 radical (unpaired) electrons. The van der Waals surface area contributed by atoms with Crippen molar-refractivity contribution < 1.29 is 8.42 Å². The Morgan fingerprint density at radius 1 is 1.11 bits per heavy atom. The summed E-state index contributed by atoms with van der Waals surface area (Å²) < 4.78 is 28.5. The van der Waals surface area contributed by atoms with Crippen LogP contribution >= 0.6 is 11.8 Å². The normalized spacial score (nSPS) is 25.3. The van der Waals surface area contributed by atoms with Crippen LogP contribution in [0.5, 0.6) is 0 Å². The predicted octanol–water partition coefficient (Wildman–Crippen LogP) is 0.602. The van der Waals surface area contributed by atoms with Gasteiger partial charge in [0.05, 0.1) is 0 Å². The molecule has 0 spiro atoms. The molecule has 0 amide bonds. The first-order chi connectivity index (χ1) is 9.14. The van der Waals surface area contributed by atoms with E-state index >= 15 is 0 Å². The van der Waals surface area contributed by atoms with Crippen LogP contribution in [0.15, 0.2) is 0 Å². The molecular weight excluding hydrogens is 282 g/mol. The van der Waals surface area contributed by atoms with Crippen LogP contribution in [0.4, 0.5) is 0 Å². The van der Waals surface area contributed by atoms with E-state index in [-0.39, 0.29) is 0 Å². The molecule has 0 atom stereocenters. The lowest BCUT2D eigenvalue weighted by Gasteiger charge is -2.34. The van der Waals surface area contributed by atoms with Crippen molar-refractivity contribution >= 4 is 22.0 Å². The minimum atomic E-state index is -3.21. The molecule has 2 heterocycles. The highest BCUT2D eigenvalue weighted by Gasteiger charge is 2.32. The Balaban J connectivity index is 1.92. The summed E-state index contributed by atoms with van der Waals surface area (Å²) in [5, 5.41) is 3.18. The van der Waals surface area contributed by atoms with Gasteiger partial charge in [-0.05, 0) is 44.5 Å². The van der Waals surface area contributed by atoms with Crippen molar-refractivity contribution in [1.82, 2.24) is 13.9 Å². The highest BCUT2D eigenvalue weighted by Crippen LogP contribution is 2.22. The highest BCUT2D eigenvalue weighted by atomic mass is 32.2. The Labute approximate surface area is 121 Å². The number of nitrogens with zero attached hydrogens (tertiary/aromatic N) is 2. The fourth-order valence-corrected chi connectivity index (χ4v) is 5.43. The maximum atomic E-state index is 12.6. The zero-order valence-corrected chi connectivity index (χ0v) is 13.3. The van der Waals surface area contributed by atoms with E-state index in [2.05, 4.69) is 5.32 Å². The minimum Gasteiger partial charge on any atom is -0.319 e. The van der Waals surface area contributed by atoms with Gasteiger partial charge in [0, 0.05) is 31.9 Å². The van der Waals surface area contributed by atoms with Gasteiger partial charge in [-0.3, -0.25) is 0 Å².